The molecule has 0 aromatic heterocycles. The zero-order valence-electron chi connectivity index (χ0n) is 7.75. The Hall–Kier alpha value is -1.39. The van der Waals surface area contributed by atoms with Crippen LogP contribution >= 0.6 is 0 Å². The molecule has 1 aromatic carbocycles. The lowest BCUT2D eigenvalue weighted by atomic mass is 9.97. The van der Waals surface area contributed by atoms with E-state index in [0.29, 0.717) is 12.2 Å². The highest BCUT2D eigenvalue weighted by Gasteiger charge is 2.16. The van der Waals surface area contributed by atoms with E-state index >= 15 is 0 Å². The second kappa shape index (κ2) is 3.77. The highest BCUT2D eigenvalue weighted by Crippen LogP contribution is 2.20. The van der Waals surface area contributed by atoms with Crippen LogP contribution in [0.5, 0.6) is 0 Å². The quantitative estimate of drug-likeness (QED) is 0.383. The Morgan fingerprint density at radius 2 is 2.36 bits per heavy atom. The molecule has 3 N–H and O–H groups in total. The molecule has 14 heavy (non-hydrogen) atoms. The van der Waals surface area contributed by atoms with Gasteiger partial charge in [-0.3, -0.25) is 10.2 Å². The molecule has 0 saturated heterocycles. The van der Waals surface area contributed by atoms with Gasteiger partial charge in [0.2, 0.25) is 0 Å². The van der Waals surface area contributed by atoms with Crippen molar-refractivity contribution in [2.45, 2.75) is 13.0 Å². The predicted molar refractivity (Wildman–Crippen MR) is 51.5 cm³/mol. The number of fused-ring (bicyclic) bond motifs is 1. The molecular formula is C10H12N2O2. The zero-order valence-corrected chi connectivity index (χ0v) is 7.75. The van der Waals surface area contributed by atoms with Crippen LogP contribution in [0.25, 0.3) is 0 Å². The van der Waals surface area contributed by atoms with Gasteiger partial charge in [0.15, 0.2) is 0 Å². The fraction of sp³-hybridized carbons (Fsp3) is 0.300. The van der Waals surface area contributed by atoms with Gasteiger partial charge < -0.3 is 4.74 Å². The largest absolute Gasteiger partial charge is 0.376 e. The van der Waals surface area contributed by atoms with Gasteiger partial charge in [-0.2, -0.15) is 0 Å². The van der Waals surface area contributed by atoms with Crippen molar-refractivity contribution in [2.75, 3.05) is 6.61 Å². The second-order valence-electron chi connectivity index (χ2n) is 3.22. The molecule has 4 heteroatoms. The fourth-order valence-electron chi connectivity index (χ4n) is 1.69. The normalized spacial score (nSPS) is 14.6. The van der Waals surface area contributed by atoms with Gasteiger partial charge in [-0.25, -0.2) is 5.84 Å². The van der Waals surface area contributed by atoms with Crippen LogP contribution in [0.2, 0.25) is 0 Å². The van der Waals surface area contributed by atoms with Gasteiger partial charge in [-0.1, -0.05) is 12.1 Å². The molecule has 0 spiro atoms. The highest BCUT2D eigenvalue weighted by molar-refractivity contribution is 5.95. The number of ether oxygens (including phenoxy) is 1. The molecule has 1 aliphatic rings. The minimum atomic E-state index is -0.257. The molecule has 0 unspecified atom stereocenters. The van der Waals surface area contributed by atoms with Crippen LogP contribution < -0.4 is 11.3 Å². The summed E-state index contributed by atoms with van der Waals surface area (Å²) in [6.45, 7) is 1.22. The maximum absolute atomic E-state index is 11.4. The first kappa shape index (κ1) is 9.18. The van der Waals surface area contributed by atoms with Crippen LogP contribution in [0, 0.1) is 0 Å². The van der Waals surface area contributed by atoms with E-state index in [1.165, 1.54) is 5.56 Å². The predicted octanol–water partition coefficient (Wildman–Crippen LogP) is 0.363. The lowest BCUT2D eigenvalue weighted by Gasteiger charge is -2.18. The van der Waals surface area contributed by atoms with Crippen LogP contribution in [-0.2, 0) is 17.8 Å². The average molecular weight is 192 g/mol. The summed E-state index contributed by atoms with van der Waals surface area (Å²) in [5.74, 6) is 4.84. The van der Waals surface area contributed by atoms with E-state index in [-0.39, 0.29) is 5.91 Å². The summed E-state index contributed by atoms with van der Waals surface area (Å²) < 4.78 is 5.31. The molecule has 1 aliphatic heterocycles. The van der Waals surface area contributed by atoms with E-state index in [0.717, 1.165) is 18.6 Å². The fourth-order valence-corrected chi connectivity index (χ4v) is 1.69. The summed E-state index contributed by atoms with van der Waals surface area (Å²) in [7, 11) is 0. The smallest absolute Gasteiger partial charge is 0.265 e. The van der Waals surface area contributed by atoms with Gasteiger partial charge >= 0.3 is 0 Å². The molecule has 1 heterocycles. The van der Waals surface area contributed by atoms with Gasteiger partial charge in [0, 0.05) is 5.56 Å². The number of hydrogen-bond acceptors (Lipinski definition) is 3. The molecule has 74 valence electrons. The van der Waals surface area contributed by atoms with E-state index in [2.05, 4.69) is 5.43 Å². The van der Waals surface area contributed by atoms with Crippen LogP contribution in [-0.4, -0.2) is 12.5 Å². The van der Waals surface area contributed by atoms with E-state index in [9.17, 15) is 4.79 Å². The lowest BCUT2D eigenvalue weighted by molar-refractivity contribution is 0.0926. The van der Waals surface area contributed by atoms with Gasteiger partial charge in [0.1, 0.15) is 0 Å². The minimum absolute atomic E-state index is 0.257. The summed E-state index contributed by atoms with van der Waals surface area (Å²) in [5.41, 5.74) is 4.89. The average Bonchev–Trinajstić information content (AvgIpc) is 2.27. The number of nitrogens with two attached hydrogens (primary N) is 1. The van der Waals surface area contributed by atoms with E-state index in [1.807, 2.05) is 12.1 Å². The first-order chi connectivity index (χ1) is 6.83. The summed E-state index contributed by atoms with van der Waals surface area (Å²) in [4.78, 5) is 11.4. The van der Waals surface area contributed by atoms with E-state index in [1.54, 1.807) is 6.07 Å². The van der Waals surface area contributed by atoms with E-state index < -0.39 is 0 Å². The van der Waals surface area contributed by atoms with Crippen molar-refractivity contribution in [2.24, 2.45) is 5.84 Å². The number of hydrogen-bond donors (Lipinski definition) is 2. The number of hydrazine groups is 1. The molecule has 0 bridgehead atoms. The van der Waals surface area contributed by atoms with Crippen molar-refractivity contribution < 1.29 is 9.53 Å². The monoisotopic (exact) mass is 192 g/mol. The first-order valence-corrected chi connectivity index (χ1v) is 4.52. The molecule has 0 radical (unpaired) electrons. The zero-order chi connectivity index (χ0) is 9.97. The molecular weight excluding hydrogens is 180 g/mol. The van der Waals surface area contributed by atoms with Crippen molar-refractivity contribution in [3.05, 3.63) is 34.9 Å². The summed E-state index contributed by atoms with van der Waals surface area (Å²) in [6, 6.07) is 5.65. The Bertz CT molecular complexity index is 363. The Morgan fingerprint density at radius 1 is 1.50 bits per heavy atom. The Labute approximate surface area is 82.0 Å². The van der Waals surface area contributed by atoms with Gasteiger partial charge in [-0.05, 0) is 23.6 Å². The maximum Gasteiger partial charge on any atom is 0.265 e. The van der Waals surface area contributed by atoms with Crippen molar-refractivity contribution >= 4 is 5.91 Å². The Kier molecular flexibility index (Phi) is 2.47. The molecule has 0 aliphatic carbocycles. The van der Waals surface area contributed by atoms with E-state index in [4.69, 9.17) is 10.6 Å². The van der Waals surface area contributed by atoms with Crippen LogP contribution in [0.15, 0.2) is 18.2 Å². The van der Waals surface area contributed by atoms with Crippen LogP contribution in [0.3, 0.4) is 0 Å². The van der Waals surface area contributed by atoms with Crippen molar-refractivity contribution in [1.82, 2.24) is 5.43 Å². The molecule has 1 aromatic rings. The molecule has 0 saturated carbocycles. The SMILES string of the molecule is NNC(=O)c1cccc2c1COCC2. The molecule has 4 nitrogen and oxygen atoms in total. The second-order valence-corrected chi connectivity index (χ2v) is 3.22. The summed E-state index contributed by atoms with van der Waals surface area (Å²) in [6.07, 6.45) is 0.862. The van der Waals surface area contributed by atoms with Gasteiger partial charge in [0.05, 0.1) is 13.2 Å². The molecule has 1 amide bonds. The van der Waals surface area contributed by atoms with Gasteiger partial charge in [0.25, 0.3) is 5.91 Å². The minimum Gasteiger partial charge on any atom is -0.376 e. The third kappa shape index (κ3) is 1.49. The number of benzene rings is 1. The molecule has 2 rings (SSSR count). The first-order valence-electron chi connectivity index (χ1n) is 4.52. The Balaban J connectivity index is 2.45. The maximum atomic E-state index is 11.4. The third-order valence-corrected chi connectivity index (χ3v) is 2.41. The molecule has 0 atom stereocenters. The summed E-state index contributed by atoms with van der Waals surface area (Å²) in [5, 5.41) is 0. The van der Waals surface area contributed by atoms with Crippen LogP contribution in [0.1, 0.15) is 21.5 Å². The summed E-state index contributed by atoms with van der Waals surface area (Å²) >= 11 is 0. The molecule has 0 fully saturated rings. The number of carbonyl (C=O) groups excluding carboxylic acids is 1. The standard InChI is InChI=1S/C10H12N2O2/c11-12-10(13)8-3-1-2-7-4-5-14-6-9(7)8/h1-3H,4-6,11H2,(H,12,13). The number of nitrogen functional groups attached to an aromatic ring is 1. The van der Waals surface area contributed by atoms with Gasteiger partial charge in [-0.15, -0.1) is 0 Å². The highest BCUT2D eigenvalue weighted by atomic mass is 16.5. The van der Waals surface area contributed by atoms with Crippen molar-refractivity contribution in [1.29, 1.82) is 0 Å². The topological polar surface area (TPSA) is 64.3 Å². The third-order valence-electron chi connectivity index (χ3n) is 2.41. The number of amides is 1. The van der Waals surface area contributed by atoms with Crippen molar-refractivity contribution in [3.63, 3.8) is 0 Å². The van der Waals surface area contributed by atoms with Crippen molar-refractivity contribution in [3.8, 4) is 0 Å². The Morgan fingerprint density at radius 3 is 3.14 bits per heavy atom. The number of nitrogens with one attached hydrogen (secondary N) is 1. The number of rotatable bonds is 1. The van der Waals surface area contributed by atoms with Crippen LogP contribution in [0.4, 0.5) is 0 Å². The number of carbonyl (C=O) groups is 1. The lowest BCUT2D eigenvalue weighted by Crippen LogP contribution is -2.31.